The van der Waals surface area contributed by atoms with Gasteiger partial charge in [-0.1, -0.05) is 13.3 Å². The minimum Gasteiger partial charge on any atom is -0.315 e. The van der Waals surface area contributed by atoms with E-state index in [2.05, 4.69) is 29.3 Å². The van der Waals surface area contributed by atoms with E-state index in [1.807, 2.05) is 0 Å². The van der Waals surface area contributed by atoms with E-state index in [0.717, 1.165) is 0 Å². The highest BCUT2D eigenvalue weighted by atomic mass is 32.2. The molecule has 1 aliphatic carbocycles. The molecule has 1 aliphatic heterocycles. The van der Waals surface area contributed by atoms with Gasteiger partial charge in [-0.25, -0.2) is 0 Å². The Balaban J connectivity index is 1.58. The van der Waals surface area contributed by atoms with E-state index in [-0.39, 0.29) is 0 Å². The van der Waals surface area contributed by atoms with Gasteiger partial charge in [0.2, 0.25) is 0 Å². The fourth-order valence-corrected chi connectivity index (χ4v) is 3.43. The summed E-state index contributed by atoms with van der Waals surface area (Å²) in [7, 11) is 0. The van der Waals surface area contributed by atoms with Gasteiger partial charge in [-0.15, -0.1) is 0 Å². The third-order valence-electron chi connectivity index (χ3n) is 3.63. The van der Waals surface area contributed by atoms with Gasteiger partial charge in [-0.3, -0.25) is 0 Å². The number of rotatable bonds is 6. The average Bonchev–Trinajstić information content (AvgIpc) is 3.00. The second-order valence-corrected chi connectivity index (χ2v) is 6.26. The summed E-state index contributed by atoms with van der Waals surface area (Å²) in [5.41, 5.74) is 0.705. The largest absolute Gasteiger partial charge is 0.315 e. The first kappa shape index (κ1) is 11.7. The fraction of sp³-hybridized carbons (Fsp3) is 1.00. The molecule has 0 aromatic carbocycles. The maximum Gasteiger partial charge on any atom is 0.0283 e. The Morgan fingerprint density at radius 2 is 2.33 bits per heavy atom. The lowest BCUT2D eigenvalue weighted by Crippen LogP contribution is -2.45. The molecule has 1 saturated heterocycles. The molecule has 1 unspecified atom stereocenters. The van der Waals surface area contributed by atoms with Crippen molar-refractivity contribution in [3.05, 3.63) is 0 Å². The van der Waals surface area contributed by atoms with Crippen LogP contribution in [0.5, 0.6) is 0 Å². The van der Waals surface area contributed by atoms with Crippen molar-refractivity contribution in [2.45, 2.75) is 38.6 Å². The lowest BCUT2D eigenvalue weighted by atomic mass is 10.0. The summed E-state index contributed by atoms with van der Waals surface area (Å²) in [5.74, 6) is 2.57. The quantitative estimate of drug-likeness (QED) is 0.726. The molecule has 88 valence electrons. The molecule has 2 N–H and O–H groups in total. The van der Waals surface area contributed by atoms with E-state index in [1.165, 1.54) is 56.8 Å². The number of thioether (sulfide) groups is 1. The molecular weight excluding hydrogens is 204 g/mol. The first-order valence-electron chi connectivity index (χ1n) is 6.36. The van der Waals surface area contributed by atoms with Gasteiger partial charge in [-0.2, -0.15) is 11.8 Å². The molecule has 3 heteroatoms. The van der Waals surface area contributed by atoms with Gasteiger partial charge < -0.3 is 10.6 Å². The summed E-state index contributed by atoms with van der Waals surface area (Å²) in [6.07, 6.45) is 5.69. The summed E-state index contributed by atoms with van der Waals surface area (Å²) in [6, 6.07) is 0.709. The molecule has 0 spiro atoms. The third-order valence-corrected chi connectivity index (χ3v) is 4.76. The molecule has 2 fully saturated rings. The molecule has 1 saturated carbocycles. The van der Waals surface area contributed by atoms with Crippen LogP contribution in [0.2, 0.25) is 0 Å². The van der Waals surface area contributed by atoms with Crippen molar-refractivity contribution in [1.29, 1.82) is 0 Å². The Labute approximate surface area is 98.0 Å². The van der Waals surface area contributed by atoms with Crippen LogP contribution in [0.4, 0.5) is 0 Å². The summed E-state index contributed by atoms with van der Waals surface area (Å²) in [5, 5.41) is 7.24. The summed E-state index contributed by atoms with van der Waals surface area (Å²) in [4.78, 5) is 0. The van der Waals surface area contributed by atoms with E-state index >= 15 is 0 Å². The maximum absolute atomic E-state index is 3.67. The predicted octanol–water partition coefficient (Wildman–Crippen LogP) is 1.86. The third kappa shape index (κ3) is 3.65. The van der Waals surface area contributed by atoms with Gasteiger partial charge in [0, 0.05) is 37.2 Å². The van der Waals surface area contributed by atoms with Crippen molar-refractivity contribution >= 4 is 11.8 Å². The van der Waals surface area contributed by atoms with Gasteiger partial charge in [0.1, 0.15) is 0 Å². The van der Waals surface area contributed by atoms with Crippen molar-refractivity contribution in [2.24, 2.45) is 5.41 Å². The lowest BCUT2D eigenvalue weighted by molar-refractivity contribution is 0.403. The van der Waals surface area contributed by atoms with Crippen molar-refractivity contribution in [2.75, 3.05) is 31.1 Å². The lowest BCUT2D eigenvalue weighted by Gasteiger charge is -2.24. The molecule has 2 nitrogen and oxygen atoms in total. The molecule has 0 radical (unpaired) electrons. The normalized spacial score (nSPS) is 29.0. The Kier molecular flexibility index (Phi) is 4.35. The molecule has 2 rings (SSSR count). The van der Waals surface area contributed by atoms with Crippen molar-refractivity contribution in [3.8, 4) is 0 Å². The average molecular weight is 228 g/mol. The molecule has 1 atom stereocenters. The summed E-state index contributed by atoms with van der Waals surface area (Å²) in [6.45, 7) is 5.92. The number of hydrogen-bond donors (Lipinski definition) is 2. The van der Waals surface area contributed by atoms with Crippen molar-refractivity contribution in [1.82, 2.24) is 10.6 Å². The number of nitrogens with one attached hydrogen (secondary N) is 2. The number of hydrogen-bond acceptors (Lipinski definition) is 3. The highest BCUT2D eigenvalue weighted by Crippen LogP contribution is 2.48. The fourth-order valence-electron chi connectivity index (χ4n) is 2.48. The van der Waals surface area contributed by atoms with Crippen molar-refractivity contribution in [3.63, 3.8) is 0 Å². The first-order chi connectivity index (χ1) is 7.35. The van der Waals surface area contributed by atoms with E-state index < -0.39 is 0 Å². The zero-order valence-electron chi connectivity index (χ0n) is 9.85. The van der Waals surface area contributed by atoms with Crippen LogP contribution in [0.15, 0.2) is 0 Å². The highest BCUT2D eigenvalue weighted by molar-refractivity contribution is 7.99. The SMILES string of the molecule is CCCC1(CNCC2CSCCN2)CC1. The van der Waals surface area contributed by atoms with Crippen molar-refractivity contribution < 1.29 is 0 Å². The predicted molar refractivity (Wildman–Crippen MR) is 68.6 cm³/mol. The second kappa shape index (κ2) is 5.55. The van der Waals surface area contributed by atoms with Gasteiger partial charge >= 0.3 is 0 Å². The van der Waals surface area contributed by atoms with Gasteiger partial charge in [0.15, 0.2) is 0 Å². The first-order valence-corrected chi connectivity index (χ1v) is 7.52. The van der Waals surface area contributed by atoms with Crippen LogP contribution >= 0.6 is 11.8 Å². The van der Waals surface area contributed by atoms with E-state index in [0.29, 0.717) is 11.5 Å². The summed E-state index contributed by atoms with van der Waals surface area (Å²) < 4.78 is 0. The Morgan fingerprint density at radius 3 is 2.93 bits per heavy atom. The molecule has 2 aliphatic rings. The van der Waals surface area contributed by atoms with Crippen LogP contribution in [0.25, 0.3) is 0 Å². The minimum absolute atomic E-state index is 0.705. The van der Waals surface area contributed by atoms with Crippen LogP contribution in [0.1, 0.15) is 32.6 Å². The molecule has 0 amide bonds. The maximum atomic E-state index is 3.67. The smallest absolute Gasteiger partial charge is 0.0283 e. The van der Waals surface area contributed by atoms with E-state index in [1.54, 1.807) is 0 Å². The van der Waals surface area contributed by atoms with Crippen LogP contribution in [0, 0.1) is 5.41 Å². The zero-order valence-corrected chi connectivity index (χ0v) is 10.7. The highest BCUT2D eigenvalue weighted by Gasteiger charge is 2.40. The van der Waals surface area contributed by atoms with Gasteiger partial charge in [0.05, 0.1) is 0 Å². The zero-order chi connectivity index (χ0) is 10.6. The summed E-state index contributed by atoms with van der Waals surface area (Å²) >= 11 is 2.08. The van der Waals surface area contributed by atoms with Crippen LogP contribution < -0.4 is 10.6 Å². The molecule has 0 aromatic heterocycles. The van der Waals surface area contributed by atoms with Crippen LogP contribution in [-0.4, -0.2) is 37.2 Å². The molecule has 0 aromatic rings. The second-order valence-electron chi connectivity index (χ2n) is 5.11. The van der Waals surface area contributed by atoms with E-state index in [9.17, 15) is 0 Å². The molecule has 1 heterocycles. The Bertz CT molecular complexity index is 186. The Morgan fingerprint density at radius 1 is 1.47 bits per heavy atom. The minimum atomic E-state index is 0.705. The molecule has 0 bridgehead atoms. The topological polar surface area (TPSA) is 24.1 Å². The van der Waals surface area contributed by atoms with Gasteiger partial charge in [-0.05, 0) is 24.7 Å². The Hall–Kier alpha value is 0.270. The van der Waals surface area contributed by atoms with Crippen LogP contribution in [0.3, 0.4) is 0 Å². The van der Waals surface area contributed by atoms with E-state index in [4.69, 9.17) is 0 Å². The van der Waals surface area contributed by atoms with Gasteiger partial charge in [0.25, 0.3) is 0 Å². The standard InChI is InChI=1S/C12H24N2S/c1-2-3-12(4-5-12)10-13-8-11-9-15-7-6-14-11/h11,13-14H,2-10H2,1H3. The monoisotopic (exact) mass is 228 g/mol. The van der Waals surface area contributed by atoms with Crippen LogP contribution in [-0.2, 0) is 0 Å². The molecule has 15 heavy (non-hydrogen) atoms. The molecular formula is C12H24N2S.